The van der Waals surface area contributed by atoms with E-state index in [4.69, 9.17) is 0 Å². The average molecular weight is 238 g/mol. The number of halogens is 4. The molecule has 0 spiro atoms. The lowest BCUT2D eigenvalue weighted by Crippen LogP contribution is -2.48. The molecule has 2 saturated carbocycles. The third-order valence-corrected chi connectivity index (χ3v) is 4.03. The van der Waals surface area contributed by atoms with Crippen LogP contribution in [-0.4, -0.2) is 18.1 Å². The summed E-state index contributed by atoms with van der Waals surface area (Å²) >= 11 is 0. The van der Waals surface area contributed by atoms with Crippen molar-refractivity contribution in [1.82, 2.24) is 0 Å². The Morgan fingerprint density at radius 1 is 1.12 bits per heavy atom. The number of carbonyl (C=O) groups excluding carboxylic acids is 1. The van der Waals surface area contributed by atoms with E-state index in [1.807, 2.05) is 0 Å². The van der Waals surface area contributed by atoms with Gasteiger partial charge in [0.25, 0.3) is 0 Å². The number of fused-ring (bicyclic) bond motifs is 2. The van der Waals surface area contributed by atoms with E-state index in [1.54, 1.807) is 0 Å². The van der Waals surface area contributed by atoms with Gasteiger partial charge in [0, 0.05) is 5.92 Å². The Bertz CT molecular complexity index is 290. The van der Waals surface area contributed by atoms with Gasteiger partial charge >= 0.3 is 11.8 Å². The topological polar surface area (TPSA) is 17.1 Å². The molecule has 1 nitrogen and oxygen atoms in total. The van der Waals surface area contributed by atoms with Gasteiger partial charge in [0.2, 0.25) is 0 Å². The second-order valence-electron chi connectivity index (χ2n) is 4.98. The van der Waals surface area contributed by atoms with Crippen molar-refractivity contribution < 1.29 is 22.4 Å². The maximum atomic E-state index is 13.6. The lowest BCUT2D eigenvalue weighted by molar-refractivity contribution is -0.243. The van der Waals surface area contributed by atoms with Crippen LogP contribution in [0.15, 0.2) is 0 Å². The molecule has 0 amide bonds. The fourth-order valence-corrected chi connectivity index (χ4v) is 3.20. The summed E-state index contributed by atoms with van der Waals surface area (Å²) in [7, 11) is 0. The van der Waals surface area contributed by atoms with Crippen LogP contribution in [0, 0.1) is 17.8 Å². The summed E-state index contributed by atoms with van der Waals surface area (Å²) in [5, 5.41) is 0. The molecule has 0 radical (unpaired) electrons. The summed E-state index contributed by atoms with van der Waals surface area (Å²) in [5.41, 5.74) is 0. The Hall–Kier alpha value is -0.610. The van der Waals surface area contributed by atoms with Crippen LogP contribution in [0.25, 0.3) is 0 Å². The molecule has 0 aromatic carbocycles. The first kappa shape index (κ1) is 11.9. The largest absolute Gasteiger partial charge is 0.317 e. The Kier molecular flexibility index (Phi) is 2.75. The highest BCUT2D eigenvalue weighted by Crippen LogP contribution is 2.57. The van der Waals surface area contributed by atoms with E-state index in [1.165, 1.54) is 0 Å². The number of aldehydes is 1. The highest BCUT2D eigenvalue weighted by atomic mass is 19.3. The van der Waals surface area contributed by atoms with E-state index in [9.17, 15) is 22.4 Å². The first-order valence-corrected chi connectivity index (χ1v) is 5.57. The highest BCUT2D eigenvalue weighted by molar-refractivity contribution is 5.51. The summed E-state index contributed by atoms with van der Waals surface area (Å²) in [4.78, 5) is 10.0. The molecule has 0 heterocycles. The van der Waals surface area contributed by atoms with Crippen LogP contribution in [0.3, 0.4) is 0 Å². The van der Waals surface area contributed by atoms with Crippen molar-refractivity contribution in [2.24, 2.45) is 17.8 Å². The summed E-state index contributed by atoms with van der Waals surface area (Å²) in [6.45, 7) is 0. The average Bonchev–Trinajstić information content (AvgIpc) is 2.78. The molecule has 92 valence electrons. The van der Waals surface area contributed by atoms with Crippen molar-refractivity contribution in [3.63, 3.8) is 0 Å². The van der Waals surface area contributed by atoms with Crippen molar-refractivity contribution in [3.05, 3.63) is 0 Å². The Balaban J connectivity index is 2.15. The molecule has 16 heavy (non-hydrogen) atoms. The zero-order chi connectivity index (χ0) is 12.0. The van der Waals surface area contributed by atoms with Gasteiger partial charge in [0.05, 0.1) is 6.42 Å². The second kappa shape index (κ2) is 3.70. The lowest BCUT2D eigenvalue weighted by atomic mass is 9.81. The molecular weight excluding hydrogens is 224 g/mol. The first-order valence-electron chi connectivity index (χ1n) is 5.57. The van der Waals surface area contributed by atoms with Crippen molar-refractivity contribution in [3.8, 4) is 0 Å². The minimum Gasteiger partial charge on any atom is -0.303 e. The molecule has 2 aliphatic rings. The van der Waals surface area contributed by atoms with Gasteiger partial charge < -0.3 is 4.79 Å². The van der Waals surface area contributed by atoms with Gasteiger partial charge in [-0.15, -0.1) is 0 Å². The van der Waals surface area contributed by atoms with Gasteiger partial charge in [0.15, 0.2) is 0 Å². The van der Waals surface area contributed by atoms with Crippen LogP contribution >= 0.6 is 0 Å². The minimum atomic E-state index is -4.19. The third kappa shape index (κ3) is 1.64. The number of alkyl halides is 4. The lowest BCUT2D eigenvalue weighted by Gasteiger charge is -2.34. The summed E-state index contributed by atoms with van der Waals surface area (Å²) in [6, 6.07) is 0. The van der Waals surface area contributed by atoms with E-state index in [-0.39, 0.29) is 24.5 Å². The van der Waals surface area contributed by atoms with Crippen LogP contribution in [0.2, 0.25) is 0 Å². The SMILES string of the molecule is O=CCC(F)(F)C(F)(F)C1CC2CCC1C2. The molecule has 0 aromatic heterocycles. The fourth-order valence-electron chi connectivity index (χ4n) is 3.20. The van der Waals surface area contributed by atoms with Crippen molar-refractivity contribution in [2.45, 2.75) is 43.9 Å². The van der Waals surface area contributed by atoms with Crippen LogP contribution in [0.1, 0.15) is 32.1 Å². The third-order valence-electron chi connectivity index (χ3n) is 4.03. The van der Waals surface area contributed by atoms with Crippen molar-refractivity contribution in [2.75, 3.05) is 0 Å². The molecule has 2 rings (SSSR count). The van der Waals surface area contributed by atoms with Gasteiger partial charge in [-0.2, -0.15) is 17.6 Å². The van der Waals surface area contributed by atoms with Crippen molar-refractivity contribution >= 4 is 6.29 Å². The number of carbonyl (C=O) groups is 1. The van der Waals surface area contributed by atoms with Gasteiger partial charge in [-0.3, -0.25) is 0 Å². The monoisotopic (exact) mass is 238 g/mol. The van der Waals surface area contributed by atoms with Crippen LogP contribution < -0.4 is 0 Å². The smallest absolute Gasteiger partial charge is 0.303 e. The molecular formula is C11H14F4O. The van der Waals surface area contributed by atoms with Crippen LogP contribution in [0.4, 0.5) is 17.6 Å². The molecule has 3 atom stereocenters. The van der Waals surface area contributed by atoms with E-state index in [0.29, 0.717) is 12.8 Å². The maximum Gasteiger partial charge on any atom is 0.317 e. The van der Waals surface area contributed by atoms with Gasteiger partial charge in [-0.25, -0.2) is 0 Å². The first-order chi connectivity index (χ1) is 7.38. The molecule has 2 fully saturated rings. The highest BCUT2D eigenvalue weighted by Gasteiger charge is 2.64. The molecule has 0 aromatic rings. The van der Waals surface area contributed by atoms with E-state index < -0.39 is 24.2 Å². The van der Waals surface area contributed by atoms with E-state index in [0.717, 1.165) is 6.42 Å². The van der Waals surface area contributed by atoms with Crippen LogP contribution in [-0.2, 0) is 4.79 Å². The Morgan fingerprint density at radius 2 is 1.81 bits per heavy atom. The number of hydrogen-bond acceptors (Lipinski definition) is 1. The molecule has 0 saturated heterocycles. The van der Waals surface area contributed by atoms with E-state index in [2.05, 4.69) is 0 Å². The Labute approximate surface area is 91.2 Å². The molecule has 5 heteroatoms. The molecule has 2 bridgehead atoms. The normalized spacial score (nSPS) is 34.4. The number of rotatable bonds is 4. The van der Waals surface area contributed by atoms with Gasteiger partial charge in [-0.05, 0) is 31.1 Å². The zero-order valence-electron chi connectivity index (χ0n) is 8.77. The maximum absolute atomic E-state index is 13.6. The molecule has 2 aliphatic carbocycles. The second-order valence-corrected chi connectivity index (χ2v) is 4.98. The summed E-state index contributed by atoms with van der Waals surface area (Å²) in [5.74, 6) is -9.55. The van der Waals surface area contributed by atoms with Gasteiger partial charge in [-0.1, -0.05) is 6.42 Å². The van der Waals surface area contributed by atoms with Gasteiger partial charge in [0.1, 0.15) is 6.29 Å². The van der Waals surface area contributed by atoms with Crippen molar-refractivity contribution in [1.29, 1.82) is 0 Å². The quantitative estimate of drug-likeness (QED) is 0.542. The zero-order valence-corrected chi connectivity index (χ0v) is 8.77. The predicted octanol–water partition coefficient (Wildman–Crippen LogP) is 3.28. The summed E-state index contributed by atoms with van der Waals surface area (Å²) in [6.07, 6.45) is 0.844. The Morgan fingerprint density at radius 3 is 2.25 bits per heavy atom. The number of hydrogen-bond donors (Lipinski definition) is 0. The van der Waals surface area contributed by atoms with E-state index >= 15 is 0 Å². The van der Waals surface area contributed by atoms with Crippen LogP contribution in [0.5, 0.6) is 0 Å². The fraction of sp³-hybridized carbons (Fsp3) is 0.909. The summed E-state index contributed by atoms with van der Waals surface area (Å²) < 4.78 is 53.7. The molecule has 0 aliphatic heterocycles. The predicted molar refractivity (Wildman–Crippen MR) is 49.5 cm³/mol. The molecule has 3 unspecified atom stereocenters. The minimum absolute atomic E-state index is 0.124. The molecule has 0 N–H and O–H groups in total. The standard InChI is InChI=1S/C11H14F4O/c12-10(13,3-4-16)11(14,15)9-6-7-1-2-8(9)5-7/h4,7-9H,1-3,5-6H2.